The van der Waals surface area contributed by atoms with Gasteiger partial charge in [-0.15, -0.1) is 0 Å². The molecule has 0 fully saturated rings. The van der Waals surface area contributed by atoms with Crippen LogP contribution in [0.2, 0.25) is 0 Å². The van der Waals surface area contributed by atoms with E-state index in [0.717, 1.165) is 10.9 Å². The molecule has 0 unspecified atom stereocenters. The molecule has 0 aliphatic rings. The fourth-order valence-corrected chi connectivity index (χ4v) is 2.13. The van der Waals surface area contributed by atoms with Crippen molar-refractivity contribution in [2.75, 3.05) is 37.5 Å². The molecule has 2 rings (SSSR count). The number of para-hydroxylation sites is 1. The van der Waals surface area contributed by atoms with Gasteiger partial charge in [0.1, 0.15) is 5.82 Å². The number of hydrogen-bond acceptors (Lipinski definition) is 8. The number of ether oxygens (including phenoxy) is 2. The third-order valence-corrected chi connectivity index (χ3v) is 3.34. The first-order chi connectivity index (χ1) is 12.5. The summed E-state index contributed by atoms with van der Waals surface area (Å²) in [7, 11) is 3.65. The first-order valence-corrected chi connectivity index (χ1v) is 8.23. The minimum absolute atomic E-state index is 0.150. The summed E-state index contributed by atoms with van der Waals surface area (Å²) in [5, 5.41) is 3.67. The molecule has 1 aromatic carbocycles. The molecule has 138 valence electrons. The topological polar surface area (TPSA) is 93.6 Å². The van der Waals surface area contributed by atoms with Crippen LogP contribution in [0.4, 0.5) is 11.8 Å². The van der Waals surface area contributed by atoms with Crippen LogP contribution in [0.15, 0.2) is 36.0 Å². The highest BCUT2D eigenvalue weighted by Crippen LogP contribution is 2.23. The van der Waals surface area contributed by atoms with E-state index in [1.807, 2.05) is 38.4 Å². The normalized spacial score (nSPS) is 10.2. The highest BCUT2D eigenvalue weighted by Gasteiger charge is 2.21. The summed E-state index contributed by atoms with van der Waals surface area (Å²) in [6.07, 6.45) is 1.25. The summed E-state index contributed by atoms with van der Waals surface area (Å²) in [5.74, 6) is -0.562. The first-order valence-electron chi connectivity index (χ1n) is 8.23. The Morgan fingerprint density at radius 3 is 2.27 bits per heavy atom. The minimum Gasteiger partial charge on any atom is -0.462 e. The van der Waals surface area contributed by atoms with Gasteiger partial charge in [0.05, 0.1) is 18.7 Å². The van der Waals surface area contributed by atoms with Crippen LogP contribution in [0, 0.1) is 0 Å². The van der Waals surface area contributed by atoms with Gasteiger partial charge < -0.3 is 19.7 Å². The largest absolute Gasteiger partial charge is 0.462 e. The molecular formula is C18H22N4O4. The molecule has 1 aromatic heterocycles. The summed E-state index contributed by atoms with van der Waals surface area (Å²) in [4.78, 5) is 34.8. The first kappa shape index (κ1) is 19.2. The summed E-state index contributed by atoms with van der Waals surface area (Å²) in [6, 6.07) is 7.43. The highest BCUT2D eigenvalue weighted by atomic mass is 16.6. The van der Waals surface area contributed by atoms with Crippen molar-refractivity contribution in [2.45, 2.75) is 13.8 Å². The molecule has 1 N–H and O–H groups in total. The van der Waals surface area contributed by atoms with Crippen molar-refractivity contribution in [3.63, 3.8) is 0 Å². The Bertz CT molecular complexity index is 813. The molecule has 8 heteroatoms. The van der Waals surface area contributed by atoms with Gasteiger partial charge in [-0.2, -0.15) is 4.98 Å². The van der Waals surface area contributed by atoms with Gasteiger partial charge in [0.15, 0.2) is 5.57 Å². The van der Waals surface area contributed by atoms with Crippen LogP contribution in [0.3, 0.4) is 0 Å². The number of nitrogens with one attached hydrogen (secondary N) is 1. The number of benzene rings is 1. The maximum atomic E-state index is 12.0. The minimum atomic E-state index is -0.760. The van der Waals surface area contributed by atoms with Crippen LogP contribution in [0.5, 0.6) is 0 Å². The number of aromatic nitrogens is 2. The van der Waals surface area contributed by atoms with E-state index in [1.54, 1.807) is 18.7 Å². The zero-order valence-corrected chi connectivity index (χ0v) is 15.3. The van der Waals surface area contributed by atoms with E-state index in [4.69, 9.17) is 9.47 Å². The Balaban J connectivity index is 2.44. The van der Waals surface area contributed by atoms with Crippen molar-refractivity contribution in [3.8, 4) is 0 Å². The molecule has 2 aromatic rings. The number of fused-ring (bicyclic) bond motifs is 1. The SMILES string of the molecule is CCOC(=O)C(=CNc1nc(N(C)C)nc2ccccc12)C(=O)OCC. The summed E-state index contributed by atoms with van der Waals surface area (Å²) < 4.78 is 9.84. The van der Waals surface area contributed by atoms with E-state index in [2.05, 4.69) is 15.3 Å². The lowest BCUT2D eigenvalue weighted by Gasteiger charge is -2.14. The fourth-order valence-electron chi connectivity index (χ4n) is 2.13. The van der Waals surface area contributed by atoms with Gasteiger partial charge >= 0.3 is 11.9 Å². The summed E-state index contributed by atoms with van der Waals surface area (Å²) in [5.41, 5.74) is 0.499. The standard InChI is InChI=1S/C18H22N4O4/c1-5-25-16(23)13(17(24)26-6-2)11-19-15-12-9-7-8-10-14(12)20-18(21-15)22(3)4/h7-11H,5-6H2,1-4H3,(H,19,20,21). The van der Waals surface area contributed by atoms with E-state index in [9.17, 15) is 9.59 Å². The number of rotatable bonds is 7. The van der Waals surface area contributed by atoms with Crippen molar-refractivity contribution in [1.82, 2.24) is 9.97 Å². The van der Waals surface area contributed by atoms with Crippen molar-refractivity contribution in [3.05, 3.63) is 36.0 Å². The predicted molar refractivity (Wildman–Crippen MR) is 98.8 cm³/mol. The van der Waals surface area contributed by atoms with Crippen LogP contribution in [0.25, 0.3) is 10.9 Å². The van der Waals surface area contributed by atoms with Crippen molar-refractivity contribution < 1.29 is 19.1 Å². The van der Waals surface area contributed by atoms with Crippen LogP contribution in [-0.2, 0) is 19.1 Å². The number of hydrogen-bond donors (Lipinski definition) is 1. The molecule has 0 radical (unpaired) electrons. The van der Waals surface area contributed by atoms with Crippen LogP contribution < -0.4 is 10.2 Å². The van der Waals surface area contributed by atoms with Gasteiger partial charge in [-0.05, 0) is 26.0 Å². The quantitative estimate of drug-likeness (QED) is 0.348. The average Bonchev–Trinajstić information content (AvgIpc) is 2.62. The fraction of sp³-hybridized carbons (Fsp3) is 0.333. The van der Waals surface area contributed by atoms with Crippen LogP contribution in [-0.4, -0.2) is 49.2 Å². The maximum absolute atomic E-state index is 12.0. The molecule has 26 heavy (non-hydrogen) atoms. The summed E-state index contributed by atoms with van der Waals surface area (Å²) >= 11 is 0. The van der Waals surface area contributed by atoms with Crippen LogP contribution in [0.1, 0.15) is 13.8 Å². The lowest BCUT2D eigenvalue weighted by Crippen LogP contribution is -2.20. The Kier molecular flexibility index (Phi) is 6.48. The van der Waals surface area contributed by atoms with Gasteiger partial charge in [-0.1, -0.05) is 12.1 Å². The lowest BCUT2D eigenvalue weighted by molar-refractivity contribution is -0.146. The number of nitrogens with zero attached hydrogens (tertiary/aromatic N) is 3. The van der Waals surface area contributed by atoms with Crippen molar-refractivity contribution >= 4 is 34.6 Å². The lowest BCUT2D eigenvalue weighted by atomic mass is 10.2. The predicted octanol–water partition coefficient (Wildman–Crippen LogP) is 2.12. The second-order valence-electron chi connectivity index (χ2n) is 5.43. The van der Waals surface area contributed by atoms with Gasteiger partial charge in [0.2, 0.25) is 5.95 Å². The van der Waals surface area contributed by atoms with Crippen LogP contribution >= 0.6 is 0 Å². The second kappa shape index (κ2) is 8.80. The monoisotopic (exact) mass is 358 g/mol. The molecule has 0 amide bonds. The Labute approximate surface area is 151 Å². The Hall–Kier alpha value is -3.16. The smallest absolute Gasteiger partial charge is 0.347 e. The average molecular weight is 358 g/mol. The van der Waals surface area contributed by atoms with E-state index in [1.165, 1.54) is 6.20 Å². The maximum Gasteiger partial charge on any atom is 0.347 e. The van der Waals surface area contributed by atoms with Crippen molar-refractivity contribution in [1.29, 1.82) is 0 Å². The molecule has 8 nitrogen and oxygen atoms in total. The van der Waals surface area contributed by atoms with Gasteiger partial charge in [-0.25, -0.2) is 14.6 Å². The van der Waals surface area contributed by atoms with E-state index >= 15 is 0 Å². The van der Waals surface area contributed by atoms with Crippen molar-refractivity contribution in [2.24, 2.45) is 0 Å². The van der Waals surface area contributed by atoms with E-state index in [-0.39, 0.29) is 18.8 Å². The van der Waals surface area contributed by atoms with Gasteiger partial charge in [0.25, 0.3) is 0 Å². The Morgan fingerprint density at radius 1 is 1.08 bits per heavy atom. The van der Waals surface area contributed by atoms with Gasteiger partial charge in [0, 0.05) is 25.7 Å². The third-order valence-electron chi connectivity index (χ3n) is 3.34. The molecule has 0 saturated heterocycles. The zero-order chi connectivity index (χ0) is 19.1. The summed E-state index contributed by atoms with van der Waals surface area (Å²) in [6.45, 7) is 3.62. The highest BCUT2D eigenvalue weighted by molar-refractivity contribution is 6.14. The number of anilines is 2. The van der Waals surface area contributed by atoms with E-state index in [0.29, 0.717) is 11.8 Å². The molecule has 1 heterocycles. The molecule has 0 aliphatic carbocycles. The molecule has 0 saturated carbocycles. The third kappa shape index (κ3) is 4.47. The number of carbonyl (C=O) groups is 2. The van der Waals surface area contributed by atoms with E-state index < -0.39 is 11.9 Å². The molecule has 0 bridgehead atoms. The molecule has 0 atom stereocenters. The Morgan fingerprint density at radius 2 is 1.69 bits per heavy atom. The molecular weight excluding hydrogens is 336 g/mol. The zero-order valence-electron chi connectivity index (χ0n) is 15.3. The second-order valence-corrected chi connectivity index (χ2v) is 5.43. The molecule has 0 spiro atoms. The molecule has 0 aliphatic heterocycles. The van der Waals surface area contributed by atoms with Gasteiger partial charge in [-0.3, -0.25) is 0 Å². The number of carbonyl (C=O) groups excluding carboxylic acids is 2. The number of esters is 2.